The predicted molar refractivity (Wildman–Crippen MR) is 115 cm³/mol. The fourth-order valence-corrected chi connectivity index (χ4v) is 3.65. The van der Waals surface area contributed by atoms with E-state index in [-0.39, 0.29) is 11.7 Å². The average molecular weight is 413 g/mol. The Morgan fingerprint density at radius 1 is 1.21 bits per heavy atom. The molecule has 0 saturated heterocycles. The summed E-state index contributed by atoms with van der Waals surface area (Å²) in [5, 5.41) is 12.8. The Kier molecular flexibility index (Phi) is 6.90. The monoisotopic (exact) mass is 412 g/mol. The molecule has 0 radical (unpaired) electrons. The lowest BCUT2D eigenvalue weighted by molar-refractivity contribution is -0.113. The first-order valence-corrected chi connectivity index (χ1v) is 10.2. The van der Waals surface area contributed by atoms with Crippen LogP contribution in [0.3, 0.4) is 0 Å². The highest BCUT2D eigenvalue weighted by Crippen LogP contribution is 2.24. The van der Waals surface area contributed by atoms with Crippen LogP contribution in [0.5, 0.6) is 0 Å². The number of allylic oxidation sites excluding steroid dienone is 1. The minimum atomic E-state index is -0.117. The Labute approximate surface area is 173 Å². The summed E-state index contributed by atoms with van der Waals surface area (Å²) < 4.78 is 1.99. The SMILES string of the molecule is C=CCn1c(Cc2ccccc2)nnc1SCC(=O)Nc1cccc(Cl)c1C. The van der Waals surface area contributed by atoms with Gasteiger partial charge in [-0.15, -0.1) is 16.8 Å². The number of thioether (sulfide) groups is 1. The highest BCUT2D eigenvalue weighted by molar-refractivity contribution is 7.99. The minimum absolute atomic E-state index is 0.117. The van der Waals surface area contributed by atoms with Crippen LogP contribution in [-0.2, 0) is 17.8 Å². The number of anilines is 1. The van der Waals surface area contributed by atoms with E-state index in [2.05, 4.69) is 34.2 Å². The second-order valence-corrected chi connectivity index (χ2v) is 7.56. The zero-order chi connectivity index (χ0) is 19.9. The average Bonchev–Trinajstić information content (AvgIpc) is 3.06. The molecule has 5 nitrogen and oxygen atoms in total. The van der Waals surface area contributed by atoms with E-state index >= 15 is 0 Å². The van der Waals surface area contributed by atoms with Gasteiger partial charge in [0.05, 0.1) is 5.75 Å². The summed E-state index contributed by atoms with van der Waals surface area (Å²) in [6, 6.07) is 15.5. The fraction of sp³-hybridized carbons (Fsp3) is 0.190. The van der Waals surface area contributed by atoms with Crippen molar-refractivity contribution in [2.24, 2.45) is 0 Å². The van der Waals surface area contributed by atoms with Crippen molar-refractivity contribution in [3.05, 3.63) is 83.2 Å². The molecule has 1 aromatic heterocycles. The molecule has 3 aromatic rings. The second-order valence-electron chi connectivity index (χ2n) is 6.21. The maximum absolute atomic E-state index is 12.4. The smallest absolute Gasteiger partial charge is 0.234 e. The first-order chi connectivity index (χ1) is 13.6. The van der Waals surface area contributed by atoms with Crippen molar-refractivity contribution in [3.8, 4) is 0 Å². The number of benzene rings is 2. The number of aromatic nitrogens is 3. The van der Waals surface area contributed by atoms with E-state index in [4.69, 9.17) is 11.6 Å². The molecule has 0 spiro atoms. The molecule has 3 rings (SSSR count). The van der Waals surface area contributed by atoms with E-state index in [0.717, 1.165) is 22.6 Å². The van der Waals surface area contributed by atoms with E-state index < -0.39 is 0 Å². The minimum Gasteiger partial charge on any atom is -0.325 e. The van der Waals surface area contributed by atoms with Crippen molar-refractivity contribution in [2.75, 3.05) is 11.1 Å². The van der Waals surface area contributed by atoms with Gasteiger partial charge in [0.2, 0.25) is 5.91 Å². The summed E-state index contributed by atoms with van der Waals surface area (Å²) >= 11 is 7.46. The molecular formula is C21H21ClN4OS. The van der Waals surface area contributed by atoms with Gasteiger partial charge in [0.1, 0.15) is 5.82 Å². The highest BCUT2D eigenvalue weighted by Gasteiger charge is 2.14. The van der Waals surface area contributed by atoms with Crippen molar-refractivity contribution in [2.45, 2.75) is 25.0 Å². The van der Waals surface area contributed by atoms with Crippen LogP contribution in [0.2, 0.25) is 5.02 Å². The van der Waals surface area contributed by atoms with Crippen molar-refractivity contribution < 1.29 is 4.79 Å². The largest absolute Gasteiger partial charge is 0.325 e. The summed E-state index contributed by atoms with van der Waals surface area (Å²) in [5.41, 5.74) is 2.73. The lowest BCUT2D eigenvalue weighted by Crippen LogP contribution is -2.15. The standard InChI is InChI=1S/C21H21ClN4OS/c1-3-12-26-19(13-16-8-5-4-6-9-16)24-25-21(26)28-14-20(27)23-18-11-7-10-17(22)15(18)2/h3-11H,1,12-14H2,2H3,(H,23,27). The Bertz CT molecular complexity index is 972. The van der Waals surface area contributed by atoms with Crippen LogP contribution in [-0.4, -0.2) is 26.4 Å². The Morgan fingerprint density at radius 3 is 2.75 bits per heavy atom. The fourth-order valence-electron chi connectivity index (χ4n) is 2.71. The van der Waals surface area contributed by atoms with Gasteiger partial charge in [0, 0.05) is 23.7 Å². The van der Waals surface area contributed by atoms with E-state index in [9.17, 15) is 4.79 Å². The Balaban J connectivity index is 1.67. The van der Waals surface area contributed by atoms with Gasteiger partial charge in [0.25, 0.3) is 0 Å². The van der Waals surface area contributed by atoms with E-state index in [1.54, 1.807) is 12.1 Å². The van der Waals surface area contributed by atoms with Crippen LogP contribution in [0, 0.1) is 6.92 Å². The number of amides is 1. The normalized spacial score (nSPS) is 10.6. The third kappa shape index (κ3) is 5.03. The summed E-state index contributed by atoms with van der Waals surface area (Å²) in [5.74, 6) is 0.958. The van der Waals surface area contributed by atoms with E-state index in [1.165, 1.54) is 11.8 Å². The molecule has 1 amide bonds. The number of carbonyl (C=O) groups is 1. The van der Waals surface area contributed by atoms with Gasteiger partial charge < -0.3 is 9.88 Å². The molecule has 0 aliphatic heterocycles. The van der Waals surface area contributed by atoms with Crippen molar-refractivity contribution in [3.63, 3.8) is 0 Å². The first-order valence-electron chi connectivity index (χ1n) is 8.83. The molecule has 0 fully saturated rings. The van der Waals surface area contributed by atoms with Crippen molar-refractivity contribution in [1.82, 2.24) is 14.8 Å². The van der Waals surface area contributed by atoms with Gasteiger partial charge in [-0.2, -0.15) is 0 Å². The van der Waals surface area contributed by atoms with Crippen molar-refractivity contribution >= 4 is 35.0 Å². The van der Waals surface area contributed by atoms with Gasteiger partial charge in [-0.1, -0.05) is 65.8 Å². The van der Waals surface area contributed by atoms with Gasteiger partial charge >= 0.3 is 0 Å². The molecule has 0 aliphatic carbocycles. The second kappa shape index (κ2) is 9.57. The van der Waals surface area contributed by atoms with Crippen molar-refractivity contribution in [1.29, 1.82) is 0 Å². The molecule has 7 heteroatoms. The first kappa shape index (κ1) is 20.2. The quantitative estimate of drug-likeness (QED) is 0.428. The van der Waals surface area contributed by atoms with E-state index in [0.29, 0.717) is 23.1 Å². The lowest BCUT2D eigenvalue weighted by atomic mass is 10.1. The third-order valence-electron chi connectivity index (χ3n) is 4.18. The summed E-state index contributed by atoms with van der Waals surface area (Å²) in [4.78, 5) is 12.4. The number of hydrogen-bond donors (Lipinski definition) is 1. The molecule has 0 atom stereocenters. The summed E-state index contributed by atoms with van der Waals surface area (Å²) in [6.07, 6.45) is 2.48. The number of halogens is 1. The molecule has 0 unspecified atom stereocenters. The third-order valence-corrected chi connectivity index (χ3v) is 5.56. The van der Waals surface area contributed by atoms with Crippen LogP contribution in [0.4, 0.5) is 5.69 Å². The van der Waals surface area contributed by atoms with Crippen LogP contribution in [0.1, 0.15) is 17.0 Å². The molecule has 28 heavy (non-hydrogen) atoms. The highest BCUT2D eigenvalue weighted by atomic mass is 35.5. The van der Waals surface area contributed by atoms with Gasteiger partial charge in [-0.3, -0.25) is 4.79 Å². The summed E-state index contributed by atoms with van der Waals surface area (Å²) in [6.45, 7) is 6.28. The maximum atomic E-state index is 12.4. The number of rotatable bonds is 8. The van der Waals surface area contributed by atoms with E-state index in [1.807, 2.05) is 41.8 Å². The Hall–Kier alpha value is -2.57. The summed E-state index contributed by atoms with van der Waals surface area (Å²) in [7, 11) is 0. The van der Waals surface area contributed by atoms with Gasteiger partial charge in [0.15, 0.2) is 5.16 Å². The van der Waals surface area contributed by atoms with Crippen LogP contribution in [0.15, 0.2) is 66.3 Å². The van der Waals surface area contributed by atoms with Crippen LogP contribution < -0.4 is 5.32 Å². The number of carbonyl (C=O) groups excluding carboxylic acids is 1. The Morgan fingerprint density at radius 2 is 2.00 bits per heavy atom. The molecule has 0 aliphatic rings. The zero-order valence-electron chi connectivity index (χ0n) is 15.6. The predicted octanol–water partition coefficient (Wildman–Crippen LogP) is 4.75. The molecule has 144 valence electrons. The maximum Gasteiger partial charge on any atom is 0.234 e. The number of hydrogen-bond acceptors (Lipinski definition) is 4. The molecule has 2 aromatic carbocycles. The zero-order valence-corrected chi connectivity index (χ0v) is 17.1. The van der Waals surface area contributed by atoms with Crippen LogP contribution >= 0.6 is 23.4 Å². The molecule has 1 heterocycles. The van der Waals surface area contributed by atoms with Crippen LogP contribution in [0.25, 0.3) is 0 Å². The van der Waals surface area contributed by atoms with Gasteiger partial charge in [-0.25, -0.2) is 0 Å². The molecule has 0 bridgehead atoms. The number of nitrogens with one attached hydrogen (secondary N) is 1. The molecule has 1 N–H and O–H groups in total. The van der Waals surface area contributed by atoms with Gasteiger partial charge in [-0.05, 0) is 30.2 Å². The molecule has 0 saturated carbocycles. The number of nitrogens with zero attached hydrogens (tertiary/aromatic N) is 3. The lowest BCUT2D eigenvalue weighted by Gasteiger charge is -2.10. The topological polar surface area (TPSA) is 59.8 Å². The molecular weight excluding hydrogens is 392 g/mol.